The number of rotatable bonds is 10. The molecule has 0 unspecified atom stereocenters. The molecule has 1 atom stereocenters. The van der Waals surface area contributed by atoms with Crippen LogP contribution in [0.3, 0.4) is 0 Å². The van der Waals surface area contributed by atoms with Crippen LogP contribution in [0.1, 0.15) is 51.3 Å². The Kier molecular flexibility index (Phi) is 9.69. The lowest BCUT2D eigenvalue weighted by Gasteiger charge is -2.30. The molecule has 40 heavy (non-hydrogen) atoms. The summed E-state index contributed by atoms with van der Waals surface area (Å²) in [5.41, 5.74) is 2.02. The van der Waals surface area contributed by atoms with Gasteiger partial charge < -0.3 is 19.2 Å². The van der Waals surface area contributed by atoms with Crippen molar-refractivity contribution in [3.63, 3.8) is 0 Å². The van der Waals surface area contributed by atoms with Crippen LogP contribution in [0.4, 0.5) is 18.9 Å². The summed E-state index contributed by atoms with van der Waals surface area (Å²) in [4.78, 5) is 32.1. The Morgan fingerprint density at radius 2 is 1.77 bits per heavy atom. The fraction of sp³-hybridized carbons (Fsp3) is 0.483. The molecule has 0 N–H and O–H groups in total. The largest absolute Gasteiger partial charge is 0.488 e. The second kappa shape index (κ2) is 12.6. The van der Waals surface area contributed by atoms with Gasteiger partial charge in [0, 0.05) is 19.5 Å². The monoisotopic (exact) mass is 561 g/mol. The third-order valence-electron chi connectivity index (χ3n) is 6.27. The fourth-order valence-electron chi connectivity index (χ4n) is 4.27. The highest BCUT2D eigenvalue weighted by atomic mass is 19.4. The molecule has 0 aromatic heterocycles. The van der Waals surface area contributed by atoms with E-state index in [1.807, 2.05) is 13.0 Å². The van der Waals surface area contributed by atoms with Gasteiger partial charge in [0.25, 0.3) is 0 Å². The van der Waals surface area contributed by atoms with E-state index < -0.39 is 24.2 Å². The Bertz CT molecular complexity index is 1270. The molecule has 2 aromatic rings. The van der Waals surface area contributed by atoms with Crippen LogP contribution in [0.2, 0.25) is 0 Å². The number of carbonyl (C=O) groups excluding carboxylic acids is 2. The van der Waals surface area contributed by atoms with E-state index in [1.54, 1.807) is 43.9 Å². The van der Waals surface area contributed by atoms with Crippen molar-refractivity contribution in [2.24, 2.45) is 5.41 Å². The minimum Gasteiger partial charge on any atom is -0.488 e. The van der Waals surface area contributed by atoms with Crippen LogP contribution >= 0.6 is 0 Å². The molecule has 3 rings (SSSR count). The maximum Gasteiger partial charge on any atom is 0.422 e. The van der Waals surface area contributed by atoms with Crippen LogP contribution in [0, 0.1) is 16.7 Å². The first-order valence-corrected chi connectivity index (χ1v) is 12.9. The minimum atomic E-state index is -4.49. The maximum atomic E-state index is 12.7. The first-order chi connectivity index (χ1) is 18.7. The first-order valence-electron chi connectivity index (χ1n) is 12.9. The number of hydrogen-bond acceptors (Lipinski definition) is 7. The normalized spacial score (nSPS) is 13.9. The molecule has 0 fully saturated rings. The van der Waals surface area contributed by atoms with E-state index in [-0.39, 0.29) is 36.6 Å². The van der Waals surface area contributed by atoms with Gasteiger partial charge >= 0.3 is 12.1 Å². The highest BCUT2D eigenvalue weighted by molar-refractivity contribution is 5.95. The van der Waals surface area contributed by atoms with Crippen molar-refractivity contribution in [2.45, 2.75) is 59.7 Å². The van der Waals surface area contributed by atoms with Gasteiger partial charge in [0.1, 0.15) is 12.7 Å². The Labute approximate surface area is 232 Å². The number of carbonyl (C=O) groups is 2. The van der Waals surface area contributed by atoms with Gasteiger partial charge in [-0.15, -0.1) is 5.06 Å². The molecule has 1 amide bonds. The highest BCUT2D eigenvalue weighted by Crippen LogP contribution is 2.34. The van der Waals surface area contributed by atoms with Crippen molar-refractivity contribution in [3.05, 3.63) is 53.1 Å². The number of halogens is 3. The predicted octanol–water partition coefficient (Wildman–Crippen LogP) is 5.22. The number of ether oxygens (including phenoxy) is 2. The number of nitriles is 1. The van der Waals surface area contributed by atoms with Crippen LogP contribution < -0.4 is 14.4 Å². The number of hydroxylamine groups is 2. The highest BCUT2D eigenvalue weighted by Gasteiger charge is 2.31. The molecule has 0 saturated heterocycles. The SMILES string of the molecule is CC(=O)N1CCc2cc(C[C@@H](C)N(CCOc3ccccc3OCC(F)(F)F)OC(=O)C(C)(C)C)cc(C#N)c21. The second-order valence-electron chi connectivity index (χ2n) is 10.7. The second-order valence-corrected chi connectivity index (χ2v) is 10.7. The summed E-state index contributed by atoms with van der Waals surface area (Å²) < 4.78 is 48.5. The predicted molar refractivity (Wildman–Crippen MR) is 142 cm³/mol. The molecule has 1 heterocycles. The van der Waals surface area contributed by atoms with E-state index in [2.05, 4.69) is 6.07 Å². The topological polar surface area (TPSA) is 92.1 Å². The lowest BCUT2D eigenvalue weighted by Crippen LogP contribution is -2.42. The number of fused-ring (bicyclic) bond motifs is 1. The van der Waals surface area contributed by atoms with Crippen LogP contribution in [-0.4, -0.2) is 55.5 Å². The number of para-hydroxylation sites is 2. The smallest absolute Gasteiger partial charge is 0.422 e. The van der Waals surface area contributed by atoms with Gasteiger partial charge in [-0.1, -0.05) is 18.2 Å². The summed E-state index contributed by atoms with van der Waals surface area (Å²) in [6, 6.07) is 11.6. The summed E-state index contributed by atoms with van der Waals surface area (Å²) >= 11 is 0. The average molecular weight is 562 g/mol. The van der Waals surface area contributed by atoms with Gasteiger partial charge in [0.05, 0.1) is 23.2 Å². The van der Waals surface area contributed by atoms with Crippen LogP contribution in [0.15, 0.2) is 36.4 Å². The molecule has 11 heteroatoms. The third kappa shape index (κ3) is 8.11. The van der Waals surface area contributed by atoms with E-state index in [4.69, 9.17) is 14.3 Å². The van der Waals surface area contributed by atoms with Gasteiger partial charge in [0.15, 0.2) is 18.1 Å². The summed E-state index contributed by atoms with van der Waals surface area (Å²) in [6.07, 6.45) is -3.43. The van der Waals surface area contributed by atoms with Crippen LogP contribution in [-0.2, 0) is 27.3 Å². The van der Waals surface area contributed by atoms with Crippen LogP contribution in [0.5, 0.6) is 11.5 Å². The van der Waals surface area contributed by atoms with Crippen molar-refractivity contribution in [1.29, 1.82) is 5.26 Å². The number of benzene rings is 2. The maximum absolute atomic E-state index is 12.7. The molecule has 0 saturated carbocycles. The molecule has 216 valence electrons. The minimum absolute atomic E-state index is 0.00460. The Morgan fingerprint density at radius 1 is 1.12 bits per heavy atom. The molecule has 0 spiro atoms. The Hall–Kier alpha value is -3.78. The average Bonchev–Trinajstić information content (AvgIpc) is 3.30. The van der Waals surface area contributed by atoms with Crippen molar-refractivity contribution in [3.8, 4) is 17.6 Å². The number of anilines is 1. The standard InChI is InChI=1S/C29H34F3N3O5/c1-19(14-21-15-22-10-11-34(20(2)36)26(22)23(16-21)17-33)35(40-27(37)28(3,4)5)12-13-38-24-8-6-7-9-25(24)39-18-29(30,31)32/h6-9,15-16,19H,10-14,18H2,1-5H3/t19-/m1/s1. The summed E-state index contributed by atoms with van der Waals surface area (Å²) in [5.74, 6) is -0.499. The zero-order chi connectivity index (χ0) is 29.7. The number of nitrogens with zero attached hydrogens (tertiary/aromatic N) is 3. The molecule has 0 bridgehead atoms. The molecule has 0 aliphatic carbocycles. The lowest BCUT2D eigenvalue weighted by atomic mass is 9.97. The lowest BCUT2D eigenvalue weighted by molar-refractivity contribution is -0.211. The van der Waals surface area contributed by atoms with Crippen molar-refractivity contribution in [1.82, 2.24) is 5.06 Å². The zero-order valence-corrected chi connectivity index (χ0v) is 23.3. The van der Waals surface area contributed by atoms with Gasteiger partial charge in [-0.2, -0.15) is 18.4 Å². The van der Waals surface area contributed by atoms with Gasteiger partial charge in [-0.3, -0.25) is 4.79 Å². The van der Waals surface area contributed by atoms with E-state index in [0.29, 0.717) is 30.6 Å². The third-order valence-corrected chi connectivity index (χ3v) is 6.27. The first kappa shape index (κ1) is 30.8. The molecule has 2 aromatic carbocycles. The molecule has 0 radical (unpaired) electrons. The number of amides is 1. The van der Waals surface area contributed by atoms with E-state index in [0.717, 1.165) is 11.1 Å². The Morgan fingerprint density at radius 3 is 2.35 bits per heavy atom. The molecule has 1 aliphatic heterocycles. The zero-order valence-electron chi connectivity index (χ0n) is 23.3. The van der Waals surface area contributed by atoms with Gasteiger partial charge in [-0.05, 0) is 69.9 Å². The number of alkyl halides is 3. The molecular formula is C29H34F3N3O5. The van der Waals surface area contributed by atoms with Gasteiger partial charge in [-0.25, -0.2) is 4.79 Å². The van der Waals surface area contributed by atoms with E-state index >= 15 is 0 Å². The fourth-order valence-corrected chi connectivity index (χ4v) is 4.27. The summed E-state index contributed by atoms with van der Waals surface area (Å²) in [6.45, 7) is 7.68. The molecule has 1 aliphatic rings. The van der Waals surface area contributed by atoms with Crippen molar-refractivity contribution >= 4 is 17.6 Å². The number of hydrogen-bond donors (Lipinski definition) is 0. The summed E-state index contributed by atoms with van der Waals surface area (Å²) in [5, 5.41) is 11.2. The van der Waals surface area contributed by atoms with Crippen molar-refractivity contribution in [2.75, 3.05) is 31.2 Å². The van der Waals surface area contributed by atoms with Gasteiger partial charge in [0.2, 0.25) is 5.91 Å². The molecular weight excluding hydrogens is 527 g/mol. The van der Waals surface area contributed by atoms with Crippen molar-refractivity contribution < 1.29 is 37.1 Å². The van der Waals surface area contributed by atoms with E-state index in [9.17, 15) is 28.0 Å². The Balaban J connectivity index is 1.75. The van der Waals surface area contributed by atoms with Crippen LogP contribution in [0.25, 0.3) is 0 Å². The summed E-state index contributed by atoms with van der Waals surface area (Å²) in [7, 11) is 0. The van der Waals surface area contributed by atoms with E-state index in [1.165, 1.54) is 24.1 Å². The quantitative estimate of drug-likeness (QED) is 0.367. The molecule has 8 nitrogen and oxygen atoms in total.